The van der Waals surface area contributed by atoms with Gasteiger partial charge in [-0.15, -0.1) is 11.8 Å². The Morgan fingerprint density at radius 3 is 2.31 bits per heavy atom. The molecule has 0 N–H and O–H groups in total. The molecule has 0 amide bonds. The van der Waals surface area contributed by atoms with Crippen molar-refractivity contribution in [3.8, 4) is 0 Å². The molecule has 0 saturated heterocycles. The fourth-order valence-electron chi connectivity index (χ4n) is 2.64. The maximum Gasteiger partial charge on any atom is 0.332 e. The van der Waals surface area contributed by atoms with Gasteiger partial charge < -0.3 is 0 Å². The van der Waals surface area contributed by atoms with Gasteiger partial charge >= 0.3 is 5.69 Å². The Morgan fingerprint density at radius 2 is 1.69 bits per heavy atom. The van der Waals surface area contributed by atoms with Gasteiger partial charge in [-0.3, -0.25) is 13.9 Å². The summed E-state index contributed by atoms with van der Waals surface area (Å²) >= 11 is 1.50. The van der Waals surface area contributed by atoms with Crippen LogP contribution < -0.4 is 11.2 Å². The van der Waals surface area contributed by atoms with Crippen molar-refractivity contribution in [2.45, 2.75) is 37.5 Å². The maximum absolute atomic E-state index is 12.7. The number of rotatable bonds is 4. The van der Waals surface area contributed by atoms with Crippen LogP contribution >= 0.6 is 11.8 Å². The second-order valence-electron chi connectivity index (χ2n) is 6.72. The van der Waals surface area contributed by atoms with Gasteiger partial charge in [0.25, 0.3) is 5.56 Å². The van der Waals surface area contributed by atoms with Crippen LogP contribution in [0, 0.1) is 6.92 Å². The highest BCUT2D eigenvalue weighted by Crippen LogP contribution is 2.27. The fraction of sp³-hybridized carbons (Fsp3) is 0.368. The highest BCUT2D eigenvalue weighted by atomic mass is 32.2. The molecular weight excluding hydrogens is 348 g/mol. The largest absolute Gasteiger partial charge is 0.332 e. The third-order valence-electron chi connectivity index (χ3n) is 4.30. The summed E-state index contributed by atoms with van der Waals surface area (Å²) in [5.41, 5.74) is 2.01. The standard InChI is InChI=1S/C19H22N4O2S/c1-11(2)15-20-16-14(18(24)23(5)19(25)22(16)4)17(21-15)26-10-13-8-6-12(3)7-9-13/h6-9,11H,10H2,1-5H3. The lowest BCUT2D eigenvalue weighted by molar-refractivity contribution is 0.689. The van der Waals surface area contributed by atoms with E-state index < -0.39 is 0 Å². The van der Waals surface area contributed by atoms with E-state index >= 15 is 0 Å². The lowest BCUT2D eigenvalue weighted by atomic mass is 10.2. The molecular formula is C19H22N4O2S. The first-order chi connectivity index (χ1) is 12.3. The number of hydrogen-bond donors (Lipinski definition) is 0. The fourth-order valence-corrected chi connectivity index (χ4v) is 3.62. The monoisotopic (exact) mass is 370 g/mol. The minimum Gasteiger partial charge on any atom is -0.280 e. The van der Waals surface area contributed by atoms with E-state index in [1.54, 1.807) is 7.05 Å². The molecule has 3 rings (SSSR count). The minimum absolute atomic E-state index is 0.0947. The van der Waals surface area contributed by atoms with Gasteiger partial charge in [-0.2, -0.15) is 0 Å². The van der Waals surface area contributed by atoms with E-state index in [0.717, 1.165) is 10.1 Å². The van der Waals surface area contributed by atoms with Crippen LogP contribution in [0.25, 0.3) is 11.0 Å². The van der Waals surface area contributed by atoms with Gasteiger partial charge in [-0.1, -0.05) is 43.7 Å². The van der Waals surface area contributed by atoms with E-state index in [2.05, 4.69) is 34.2 Å². The first-order valence-corrected chi connectivity index (χ1v) is 9.44. The summed E-state index contributed by atoms with van der Waals surface area (Å²) in [5.74, 6) is 1.42. The second-order valence-corrected chi connectivity index (χ2v) is 7.68. The topological polar surface area (TPSA) is 69.8 Å². The molecule has 6 nitrogen and oxygen atoms in total. The van der Waals surface area contributed by atoms with Gasteiger partial charge in [-0.05, 0) is 12.5 Å². The third kappa shape index (κ3) is 3.31. The molecule has 0 saturated carbocycles. The van der Waals surface area contributed by atoms with Crippen LogP contribution in [0.5, 0.6) is 0 Å². The molecule has 0 aliphatic heterocycles. The normalized spacial score (nSPS) is 11.5. The number of fused-ring (bicyclic) bond motifs is 1. The van der Waals surface area contributed by atoms with E-state index in [9.17, 15) is 9.59 Å². The van der Waals surface area contributed by atoms with Crippen LogP contribution in [0.2, 0.25) is 0 Å². The smallest absolute Gasteiger partial charge is 0.280 e. The van der Waals surface area contributed by atoms with E-state index in [-0.39, 0.29) is 17.2 Å². The molecule has 0 radical (unpaired) electrons. The van der Waals surface area contributed by atoms with Gasteiger partial charge in [0.15, 0.2) is 5.65 Å². The van der Waals surface area contributed by atoms with E-state index in [0.29, 0.717) is 27.6 Å². The molecule has 26 heavy (non-hydrogen) atoms. The predicted molar refractivity (Wildman–Crippen MR) is 105 cm³/mol. The Balaban J connectivity index is 2.17. The van der Waals surface area contributed by atoms with Crippen molar-refractivity contribution >= 4 is 22.8 Å². The molecule has 0 spiro atoms. The Morgan fingerprint density at radius 1 is 1.04 bits per heavy atom. The highest BCUT2D eigenvalue weighted by molar-refractivity contribution is 7.98. The second kappa shape index (κ2) is 7.07. The molecule has 7 heteroatoms. The summed E-state index contributed by atoms with van der Waals surface area (Å²) in [4.78, 5) is 34.1. The molecule has 0 bridgehead atoms. The first kappa shape index (κ1) is 18.4. The molecule has 1 aromatic carbocycles. The van der Waals surface area contributed by atoms with Crippen molar-refractivity contribution < 1.29 is 0 Å². The Labute approximate surface area is 155 Å². The van der Waals surface area contributed by atoms with E-state index in [1.165, 1.54) is 28.9 Å². The summed E-state index contributed by atoms with van der Waals surface area (Å²) in [6.07, 6.45) is 0. The number of benzene rings is 1. The number of nitrogens with zero attached hydrogens (tertiary/aromatic N) is 4. The Bertz CT molecular complexity index is 1080. The molecule has 0 fully saturated rings. The summed E-state index contributed by atoms with van der Waals surface area (Å²) in [6.45, 7) is 6.04. The van der Waals surface area contributed by atoms with Gasteiger partial charge in [-0.25, -0.2) is 14.8 Å². The average molecular weight is 370 g/mol. The number of hydrogen-bond acceptors (Lipinski definition) is 5. The average Bonchev–Trinajstić information content (AvgIpc) is 2.63. The lowest BCUT2D eigenvalue weighted by Gasteiger charge is -2.13. The highest BCUT2D eigenvalue weighted by Gasteiger charge is 2.18. The van der Waals surface area contributed by atoms with Crippen LogP contribution in [0.1, 0.15) is 36.7 Å². The molecule has 2 aromatic heterocycles. The zero-order valence-electron chi connectivity index (χ0n) is 15.6. The Kier molecular flexibility index (Phi) is 5.00. The van der Waals surface area contributed by atoms with Crippen molar-refractivity contribution in [3.63, 3.8) is 0 Å². The molecule has 0 aliphatic carbocycles. The van der Waals surface area contributed by atoms with Crippen molar-refractivity contribution in [1.29, 1.82) is 0 Å². The number of aryl methyl sites for hydroxylation is 2. The summed E-state index contributed by atoms with van der Waals surface area (Å²) < 4.78 is 2.52. The molecule has 0 unspecified atom stereocenters. The number of aromatic nitrogens is 4. The molecule has 0 aliphatic rings. The predicted octanol–water partition coefficient (Wildman–Crippen LogP) is 2.75. The van der Waals surface area contributed by atoms with Crippen LogP contribution in [-0.2, 0) is 19.8 Å². The zero-order valence-corrected chi connectivity index (χ0v) is 16.4. The zero-order chi connectivity index (χ0) is 19.0. The van der Waals surface area contributed by atoms with Gasteiger partial charge in [0, 0.05) is 25.8 Å². The maximum atomic E-state index is 12.7. The first-order valence-electron chi connectivity index (χ1n) is 8.45. The van der Waals surface area contributed by atoms with Crippen LogP contribution in [-0.4, -0.2) is 19.1 Å². The third-order valence-corrected chi connectivity index (χ3v) is 5.34. The van der Waals surface area contributed by atoms with Crippen molar-refractivity contribution in [1.82, 2.24) is 19.1 Å². The Hall–Kier alpha value is -2.41. The van der Waals surface area contributed by atoms with Crippen LogP contribution in [0.3, 0.4) is 0 Å². The van der Waals surface area contributed by atoms with Gasteiger partial charge in [0.2, 0.25) is 0 Å². The van der Waals surface area contributed by atoms with Crippen LogP contribution in [0.15, 0.2) is 38.9 Å². The van der Waals surface area contributed by atoms with Gasteiger partial charge in [0.1, 0.15) is 16.2 Å². The molecule has 136 valence electrons. The molecule has 2 heterocycles. The number of thioether (sulfide) groups is 1. The lowest BCUT2D eigenvalue weighted by Crippen LogP contribution is -2.37. The SMILES string of the molecule is Cc1ccc(CSc2nc(C(C)C)nc3c2c(=O)n(C)c(=O)n3C)cc1. The van der Waals surface area contributed by atoms with Crippen molar-refractivity contribution in [3.05, 3.63) is 62.1 Å². The quantitative estimate of drug-likeness (QED) is 0.522. The van der Waals surface area contributed by atoms with Crippen molar-refractivity contribution in [2.75, 3.05) is 0 Å². The summed E-state index contributed by atoms with van der Waals surface area (Å²) in [7, 11) is 3.12. The van der Waals surface area contributed by atoms with Gasteiger partial charge in [0.05, 0.1) is 0 Å². The summed E-state index contributed by atoms with van der Waals surface area (Å²) in [5, 5.41) is 1.02. The van der Waals surface area contributed by atoms with Crippen LogP contribution in [0.4, 0.5) is 0 Å². The minimum atomic E-state index is -0.384. The molecule has 3 aromatic rings. The van der Waals surface area contributed by atoms with Crippen molar-refractivity contribution in [2.24, 2.45) is 14.1 Å². The van der Waals surface area contributed by atoms with E-state index in [1.807, 2.05) is 20.8 Å². The molecule has 0 atom stereocenters. The van der Waals surface area contributed by atoms with E-state index in [4.69, 9.17) is 0 Å². The summed E-state index contributed by atoms with van der Waals surface area (Å²) in [6, 6.07) is 8.28.